The van der Waals surface area contributed by atoms with Gasteiger partial charge in [0.15, 0.2) is 5.65 Å². The average Bonchev–Trinajstić information content (AvgIpc) is 2.92. The fourth-order valence-electron chi connectivity index (χ4n) is 2.23. The maximum Gasteiger partial charge on any atom is 0.313 e. The molecule has 0 bridgehead atoms. The number of hydrogen-bond acceptors (Lipinski definition) is 5. The van der Waals surface area contributed by atoms with Gasteiger partial charge in [0, 0.05) is 17.6 Å². The van der Waals surface area contributed by atoms with E-state index in [1.165, 1.54) is 6.20 Å². The Hall–Kier alpha value is -2.48. The highest BCUT2D eigenvalue weighted by Gasteiger charge is 2.28. The minimum Gasteiger partial charge on any atom is -0.388 e. The Kier molecular flexibility index (Phi) is 5.18. The molecule has 2 rings (SSSR count). The summed E-state index contributed by atoms with van der Waals surface area (Å²) in [5.41, 5.74) is 0.696. The zero-order valence-corrected chi connectivity index (χ0v) is 14.3. The van der Waals surface area contributed by atoms with E-state index in [0.29, 0.717) is 11.3 Å². The Labute approximate surface area is 140 Å². The molecule has 2 aromatic heterocycles. The quantitative estimate of drug-likeness (QED) is 0.611. The Balaban J connectivity index is 1.98. The number of rotatable bonds is 5. The zero-order chi connectivity index (χ0) is 17.9. The van der Waals surface area contributed by atoms with Crippen LogP contribution in [0.3, 0.4) is 0 Å². The largest absolute Gasteiger partial charge is 0.388 e. The molecule has 0 aliphatic carbocycles. The number of aromatic nitrogens is 3. The van der Waals surface area contributed by atoms with Crippen LogP contribution in [0.4, 0.5) is 5.69 Å². The first-order chi connectivity index (χ1) is 11.2. The first-order valence-corrected chi connectivity index (χ1v) is 7.87. The van der Waals surface area contributed by atoms with Crippen molar-refractivity contribution < 1.29 is 14.7 Å². The van der Waals surface area contributed by atoms with Gasteiger partial charge in [0.1, 0.15) is 0 Å². The number of carbonyl (C=O) groups excluding carboxylic acids is 2. The molecule has 8 heteroatoms. The van der Waals surface area contributed by atoms with Gasteiger partial charge in [-0.3, -0.25) is 14.7 Å². The van der Waals surface area contributed by atoms with Gasteiger partial charge in [0.25, 0.3) is 0 Å². The molecule has 8 nitrogen and oxygen atoms in total. The summed E-state index contributed by atoms with van der Waals surface area (Å²) in [5.74, 6) is -1.61. The summed E-state index contributed by atoms with van der Waals surface area (Å²) < 4.78 is 0. The fourth-order valence-corrected chi connectivity index (χ4v) is 2.23. The predicted molar refractivity (Wildman–Crippen MR) is 90.3 cm³/mol. The van der Waals surface area contributed by atoms with Crippen molar-refractivity contribution in [1.82, 2.24) is 20.5 Å². The number of H-pyrrole nitrogens is 1. The van der Waals surface area contributed by atoms with Crippen LogP contribution in [0.2, 0.25) is 0 Å². The highest BCUT2D eigenvalue weighted by molar-refractivity contribution is 6.39. The van der Waals surface area contributed by atoms with E-state index in [1.807, 2.05) is 20.8 Å². The van der Waals surface area contributed by atoms with Crippen molar-refractivity contribution in [3.63, 3.8) is 0 Å². The van der Waals surface area contributed by atoms with Crippen LogP contribution in [0.5, 0.6) is 0 Å². The maximum absolute atomic E-state index is 12.0. The fraction of sp³-hybridized carbons (Fsp3) is 0.500. The standard InChI is InChI=1S/C16H23N5O3/c1-5-9(2)16(4,24)8-18-14(22)15(23)19-11-6-12-10(3)20-21-13(12)17-7-11/h6-7,9,24H,5,8H2,1-4H3,(H,18,22)(H,19,23)(H,17,20,21)/t9-,16+/m1/s1. The summed E-state index contributed by atoms with van der Waals surface area (Å²) in [6.45, 7) is 7.33. The van der Waals surface area contributed by atoms with Gasteiger partial charge in [0.05, 0.1) is 17.5 Å². The third-order valence-electron chi connectivity index (χ3n) is 4.35. The van der Waals surface area contributed by atoms with Crippen molar-refractivity contribution in [3.8, 4) is 0 Å². The lowest BCUT2D eigenvalue weighted by atomic mass is 9.89. The molecule has 2 heterocycles. The molecule has 0 spiro atoms. The second-order valence-corrected chi connectivity index (χ2v) is 6.25. The monoisotopic (exact) mass is 333 g/mol. The van der Waals surface area contributed by atoms with E-state index in [-0.39, 0.29) is 12.5 Å². The van der Waals surface area contributed by atoms with Gasteiger partial charge in [-0.05, 0) is 25.8 Å². The number of nitrogens with one attached hydrogen (secondary N) is 3. The summed E-state index contributed by atoms with van der Waals surface area (Å²) in [7, 11) is 0. The average molecular weight is 333 g/mol. The molecule has 0 unspecified atom stereocenters. The molecule has 4 N–H and O–H groups in total. The van der Waals surface area contributed by atoms with Crippen LogP contribution in [-0.4, -0.2) is 44.2 Å². The third kappa shape index (κ3) is 3.88. The molecule has 0 aromatic carbocycles. The minimum atomic E-state index is -1.07. The van der Waals surface area contributed by atoms with Crippen LogP contribution in [0.25, 0.3) is 11.0 Å². The van der Waals surface area contributed by atoms with Crippen molar-refractivity contribution >= 4 is 28.5 Å². The van der Waals surface area contributed by atoms with E-state index >= 15 is 0 Å². The number of aromatic amines is 1. The maximum atomic E-state index is 12.0. The number of nitrogens with zero attached hydrogens (tertiary/aromatic N) is 2. The highest BCUT2D eigenvalue weighted by Crippen LogP contribution is 2.19. The van der Waals surface area contributed by atoms with Gasteiger partial charge in [0.2, 0.25) is 0 Å². The summed E-state index contributed by atoms with van der Waals surface area (Å²) in [5, 5.41) is 22.8. The second-order valence-electron chi connectivity index (χ2n) is 6.25. The van der Waals surface area contributed by atoms with Crippen LogP contribution in [0.15, 0.2) is 12.3 Å². The molecule has 0 saturated heterocycles. The van der Waals surface area contributed by atoms with Crippen molar-refractivity contribution in [2.24, 2.45) is 5.92 Å². The lowest BCUT2D eigenvalue weighted by Gasteiger charge is -2.29. The van der Waals surface area contributed by atoms with Gasteiger partial charge in [-0.15, -0.1) is 0 Å². The van der Waals surface area contributed by atoms with E-state index in [2.05, 4.69) is 25.8 Å². The molecule has 0 aliphatic rings. The third-order valence-corrected chi connectivity index (χ3v) is 4.35. The number of anilines is 1. The Morgan fingerprint density at radius 1 is 1.42 bits per heavy atom. The molecule has 0 radical (unpaired) electrons. The number of fused-ring (bicyclic) bond motifs is 1. The zero-order valence-electron chi connectivity index (χ0n) is 14.3. The van der Waals surface area contributed by atoms with Crippen molar-refractivity contribution in [3.05, 3.63) is 18.0 Å². The summed E-state index contributed by atoms with van der Waals surface area (Å²) >= 11 is 0. The van der Waals surface area contributed by atoms with E-state index < -0.39 is 17.4 Å². The van der Waals surface area contributed by atoms with Gasteiger partial charge in [-0.1, -0.05) is 20.3 Å². The Morgan fingerprint density at radius 2 is 2.12 bits per heavy atom. The predicted octanol–water partition coefficient (Wildman–Crippen LogP) is 1.12. The molecular weight excluding hydrogens is 310 g/mol. The van der Waals surface area contributed by atoms with E-state index in [1.54, 1.807) is 13.0 Å². The van der Waals surface area contributed by atoms with Gasteiger partial charge in [-0.25, -0.2) is 4.98 Å². The van der Waals surface area contributed by atoms with Crippen molar-refractivity contribution in [2.45, 2.75) is 39.7 Å². The summed E-state index contributed by atoms with van der Waals surface area (Å²) in [6, 6.07) is 1.70. The van der Waals surface area contributed by atoms with Gasteiger partial charge < -0.3 is 15.7 Å². The van der Waals surface area contributed by atoms with Gasteiger partial charge in [-0.2, -0.15) is 5.10 Å². The normalized spacial score (nSPS) is 14.9. The molecule has 0 fully saturated rings. The van der Waals surface area contributed by atoms with E-state index in [9.17, 15) is 14.7 Å². The molecule has 2 atom stereocenters. The number of aryl methyl sites for hydroxylation is 1. The van der Waals surface area contributed by atoms with Crippen molar-refractivity contribution in [1.29, 1.82) is 0 Å². The molecule has 130 valence electrons. The topological polar surface area (TPSA) is 120 Å². The van der Waals surface area contributed by atoms with Crippen molar-refractivity contribution in [2.75, 3.05) is 11.9 Å². The van der Waals surface area contributed by atoms with Crippen LogP contribution < -0.4 is 10.6 Å². The smallest absolute Gasteiger partial charge is 0.313 e. The van der Waals surface area contributed by atoms with E-state index in [0.717, 1.165) is 17.5 Å². The van der Waals surface area contributed by atoms with Crippen LogP contribution in [-0.2, 0) is 9.59 Å². The summed E-state index contributed by atoms with van der Waals surface area (Å²) in [4.78, 5) is 28.0. The lowest BCUT2D eigenvalue weighted by Crippen LogP contribution is -2.47. The second kappa shape index (κ2) is 6.96. The number of carbonyl (C=O) groups is 2. The minimum absolute atomic E-state index is 0.00321. The number of pyridine rings is 1. The SMILES string of the molecule is CC[C@@H](C)[C@@](C)(O)CNC(=O)C(=O)Nc1cnc2n[nH]c(C)c2c1. The number of aliphatic hydroxyl groups is 1. The first-order valence-electron chi connectivity index (χ1n) is 7.87. The molecule has 24 heavy (non-hydrogen) atoms. The first kappa shape index (κ1) is 17.9. The molecular formula is C16H23N5O3. The molecule has 2 amide bonds. The Morgan fingerprint density at radius 3 is 2.79 bits per heavy atom. The van der Waals surface area contributed by atoms with Gasteiger partial charge >= 0.3 is 11.8 Å². The molecule has 0 aliphatic heterocycles. The number of hydrogen-bond donors (Lipinski definition) is 4. The van der Waals surface area contributed by atoms with E-state index in [4.69, 9.17) is 0 Å². The molecule has 0 saturated carbocycles. The molecule has 2 aromatic rings. The highest BCUT2D eigenvalue weighted by atomic mass is 16.3. The van der Waals surface area contributed by atoms with Crippen LogP contribution in [0, 0.1) is 12.8 Å². The lowest BCUT2D eigenvalue weighted by molar-refractivity contribution is -0.137. The van der Waals surface area contributed by atoms with Crippen LogP contribution >= 0.6 is 0 Å². The number of amides is 2. The van der Waals surface area contributed by atoms with Crippen LogP contribution in [0.1, 0.15) is 32.9 Å². The summed E-state index contributed by atoms with van der Waals surface area (Å²) in [6.07, 6.45) is 2.20. The Bertz CT molecular complexity index is 753.